The normalized spacial score (nSPS) is 15.6. The van der Waals surface area contributed by atoms with Crippen LogP contribution in [0.4, 0.5) is 0 Å². The number of rotatable bonds is 6. The molecule has 23 heavy (non-hydrogen) atoms. The van der Waals surface area contributed by atoms with Gasteiger partial charge in [0.1, 0.15) is 11.5 Å². The second-order valence-corrected chi connectivity index (χ2v) is 5.74. The van der Waals surface area contributed by atoms with Crippen LogP contribution in [0.1, 0.15) is 37.1 Å². The van der Waals surface area contributed by atoms with Gasteiger partial charge in [-0.3, -0.25) is 4.79 Å². The van der Waals surface area contributed by atoms with E-state index >= 15 is 0 Å². The Kier molecular flexibility index (Phi) is 4.51. The number of furan rings is 1. The Balaban J connectivity index is 1.78. The number of benzene rings is 1. The van der Waals surface area contributed by atoms with Crippen molar-refractivity contribution in [3.05, 3.63) is 60.1 Å². The summed E-state index contributed by atoms with van der Waals surface area (Å²) in [5.41, 5.74) is 0.893. The van der Waals surface area contributed by atoms with Gasteiger partial charge in [0.15, 0.2) is 0 Å². The molecule has 4 heteroatoms. The lowest BCUT2D eigenvalue weighted by Crippen LogP contribution is -2.34. The fourth-order valence-corrected chi connectivity index (χ4v) is 2.76. The van der Waals surface area contributed by atoms with Crippen molar-refractivity contribution in [3.8, 4) is 5.75 Å². The third kappa shape index (κ3) is 3.47. The maximum Gasteiger partial charge on any atom is 0.247 e. The number of hydrogen-bond donors (Lipinski definition) is 0. The molecule has 2 aromatic rings. The summed E-state index contributed by atoms with van der Waals surface area (Å²) in [6.07, 6.45) is 7.19. The van der Waals surface area contributed by atoms with Crippen LogP contribution < -0.4 is 4.74 Å². The maximum atomic E-state index is 12.7. The molecule has 1 saturated carbocycles. The number of methoxy groups -OCH3 is 1. The minimum atomic E-state index is -0.0627. The fraction of sp³-hybridized carbons (Fsp3) is 0.316. The highest BCUT2D eigenvalue weighted by molar-refractivity contribution is 5.92. The van der Waals surface area contributed by atoms with Gasteiger partial charge >= 0.3 is 0 Å². The third-order valence-corrected chi connectivity index (χ3v) is 4.11. The Labute approximate surface area is 136 Å². The molecule has 4 nitrogen and oxygen atoms in total. The highest BCUT2D eigenvalue weighted by Gasteiger charge is 2.36. The molecule has 1 aromatic carbocycles. The van der Waals surface area contributed by atoms with E-state index in [2.05, 4.69) is 0 Å². The molecule has 0 saturated heterocycles. The molecule has 1 aliphatic rings. The molecule has 3 rings (SSSR count). The smallest absolute Gasteiger partial charge is 0.247 e. The van der Waals surface area contributed by atoms with Gasteiger partial charge < -0.3 is 14.1 Å². The van der Waals surface area contributed by atoms with Gasteiger partial charge in [0.25, 0.3) is 0 Å². The molecule has 1 unspecified atom stereocenters. The zero-order valence-corrected chi connectivity index (χ0v) is 13.4. The Bertz CT molecular complexity index is 686. The van der Waals surface area contributed by atoms with Crippen molar-refractivity contribution >= 4 is 12.0 Å². The first-order chi connectivity index (χ1) is 11.2. The summed E-state index contributed by atoms with van der Waals surface area (Å²) in [4.78, 5) is 14.6. The molecule has 1 fully saturated rings. The van der Waals surface area contributed by atoms with Gasteiger partial charge in [-0.1, -0.05) is 18.2 Å². The van der Waals surface area contributed by atoms with Crippen molar-refractivity contribution < 1.29 is 13.9 Å². The second-order valence-electron chi connectivity index (χ2n) is 5.74. The minimum Gasteiger partial charge on any atom is -0.496 e. The van der Waals surface area contributed by atoms with Crippen LogP contribution in [-0.4, -0.2) is 24.0 Å². The average molecular weight is 311 g/mol. The summed E-state index contributed by atoms with van der Waals surface area (Å²) in [5, 5.41) is 0. The topological polar surface area (TPSA) is 42.7 Å². The minimum absolute atomic E-state index is 0.00214. The molecule has 0 radical (unpaired) electrons. The summed E-state index contributed by atoms with van der Waals surface area (Å²) < 4.78 is 10.8. The Morgan fingerprint density at radius 2 is 2.09 bits per heavy atom. The number of carbonyl (C=O) groups is 1. The SMILES string of the molecule is COc1ccccc1/C=C/C(=O)N(C1CC1)C(C)c1ccco1. The summed E-state index contributed by atoms with van der Waals surface area (Å²) in [6, 6.07) is 11.7. The molecule has 0 N–H and O–H groups in total. The van der Waals surface area contributed by atoms with Gasteiger partial charge in [0.05, 0.1) is 19.4 Å². The Morgan fingerprint density at radius 1 is 1.30 bits per heavy atom. The van der Waals surface area contributed by atoms with Crippen molar-refractivity contribution in [1.82, 2.24) is 4.90 Å². The van der Waals surface area contributed by atoms with Crippen LogP contribution in [0.25, 0.3) is 6.08 Å². The number of amides is 1. The predicted molar refractivity (Wildman–Crippen MR) is 89.0 cm³/mol. The molecule has 1 atom stereocenters. The van der Waals surface area contributed by atoms with Gasteiger partial charge in [-0.2, -0.15) is 0 Å². The molecule has 120 valence electrons. The van der Waals surface area contributed by atoms with Crippen LogP contribution in [0.15, 0.2) is 53.2 Å². The van der Waals surface area contributed by atoms with E-state index in [1.54, 1.807) is 19.4 Å². The van der Waals surface area contributed by atoms with Gasteiger partial charge in [-0.15, -0.1) is 0 Å². The molecule has 0 aliphatic heterocycles. The van der Waals surface area contributed by atoms with Crippen LogP contribution in [0.2, 0.25) is 0 Å². The largest absolute Gasteiger partial charge is 0.496 e. The van der Waals surface area contributed by atoms with Gasteiger partial charge in [0, 0.05) is 17.7 Å². The highest BCUT2D eigenvalue weighted by Crippen LogP contribution is 2.34. The quantitative estimate of drug-likeness (QED) is 0.756. The van der Waals surface area contributed by atoms with E-state index in [4.69, 9.17) is 9.15 Å². The fourth-order valence-electron chi connectivity index (χ4n) is 2.76. The first-order valence-corrected chi connectivity index (χ1v) is 7.87. The molecule has 1 aromatic heterocycles. The molecule has 1 amide bonds. The average Bonchev–Trinajstić information content (AvgIpc) is 3.24. The molecular weight excluding hydrogens is 290 g/mol. The molecule has 0 spiro atoms. The van der Waals surface area contributed by atoms with E-state index < -0.39 is 0 Å². The Morgan fingerprint density at radius 3 is 2.74 bits per heavy atom. The predicted octanol–water partition coefficient (Wildman–Crippen LogP) is 4.05. The lowest BCUT2D eigenvalue weighted by Gasteiger charge is -2.26. The summed E-state index contributed by atoms with van der Waals surface area (Å²) in [6.45, 7) is 2.01. The van der Waals surface area contributed by atoms with Crippen molar-refractivity contribution in [1.29, 1.82) is 0 Å². The molecule has 0 bridgehead atoms. The van der Waals surface area contributed by atoms with E-state index in [9.17, 15) is 4.79 Å². The van der Waals surface area contributed by atoms with Crippen molar-refractivity contribution in [3.63, 3.8) is 0 Å². The van der Waals surface area contributed by atoms with Crippen molar-refractivity contribution in [2.45, 2.75) is 31.8 Å². The van der Waals surface area contributed by atoms with Crippen LogP contribution in [0, 0.1) is 0 Å². The summed E-state index contributed by atoms with van der Waals surface area (Å²) >= 11 is 0. The maximum absolute atomic E-state index is 12.7. The van der Waals surface area contributed by atoms with Crippen LogP contribution in [0.5, 0.6) is 5.75 Å². The van der Waals surface area contributed by atoms with Crippen molar-refractivity contribution in [2.75, 3.05) is 7.11 Å². The lowest BCUT2D eigenvalue weighted by atomic mass is 10.1. The number of hydrogen-bond acceptors (Lipinski definition) is 3. The van der Waals surface area contributed by atoms with Gasteiger partial charge in [-0.25, -0.2) is 0 Å². The second kappa shape index (κ2) is 6.73. The Hall–Kier alpha value is -2.49. The van der Waals surface area contributed by atoms with Crippen LogP contribution >= 0.6 is 0 Å². The zero-order valence-electron chi connectivity index (χ0n) is 13.4. The summed E-state index contributed by atoms with van der Waals surface area (Å²) in [7, 11) is 1.63. The first-order valence-electron chi connectivity index (χ1n) is 7.87. The molecular formula is C19H21NO3. The van der Waals surface area contributed by atoms with Crippen LogP contribution in [-0.2, 0) is 4.79 Å². The van der Waals surface area contributed by atoms with Crippen molar-refractivity contribution in [2.24, 2.45) is 0 Å². The number of carbonyl (C=O) groups excluding carboxylic acids is 1. The third-order valence-electron chi connectivity index (χ3n) is 4.11. The molecule has 1 aliphatic carbocycles. The number of nitrogens with zero attached hydrogens (tertiary/aromatic N) is 1. The standard InChI is InChI=1S/C19H21NO3/c1-14(17-8-5-13-23-17)20(16-10-11-16)19(21)12-9-15-6-3-4-7-18(15)22-2/h3-9,12-14,16H,10-11H2,1-2H3/b12-9+. The first kappa shape index (κ1) is 15.4. The highest BCUT2D eigenvalue weighted by atomic mass is 16.5. The molecule has 1 heterocycles. The van der Waals surface area contributed by atoms with E-state index in [0.717, 1.165) is 29.9 Å². The van der Waals surface area contributed by atoms with Crippen LogP contribution in [0.3, 0.4) is 0 Å². The van der Waals surface area contributed by atoms with E-state index in [0.29, 0.717) is 6.04 Å². The monoisotopic (exact) mass is 311 g/mol. The van der Waals surface area contributed by atoms with Gasteiger partial charge in [0.2, 0.25) is 5.91 Å². The van der Waals surface area contributed by atoms with E-state index in [1.807, 2.05) is 54.3 Å². The number of ether oxygens (including phenoxy) is 1. The number of para-hydroxylation sites is 1. The van der Waals surface area contributed by atoms with E-state index in [-0.39, 0.29) is 11.9 Å². The van der Waals surface area contributed by atoms with E-state index in [1.165, 1.54) is 0 Å². The van der Waals surface area contributed by atoms with Gasteiger partial charge in [-0.05, 0) is 44.0 Å². The zero-order chi connectivity index (χ0) is 16.2. The summed E-state index contributed by atoms with van der Waals surface area (Å²) in [5.74, 6) is 1.58. The lowest BCUT2D eigenvalue weighted by molar-refractivity contribution is -0.129.